The molecule has 0 saturated carbocycles. The lowest BCUT2D eigenvalue weighted by Crippen LogP contribution is -2.57. The third kappa shape index (κ3) is 5.01. The van der Waals surface area contributed by atoms with E-state index in [0.717, 1.165) is 0 Å². The van der Waals surface area contributed by atoms with Crippen molar-refractivity contribution in [1.82, 2.24) is 10.2 Å². The molecule has 2 aliphatic rings. The highest BCUT2D eigenvalue weighted by molar-refractivity contribution is 6.08. The van der Waals surface area contributed by atoms with Crippen LogP contribution in [0, 0.1) is 11.7 Å². The van der Waals surface area contributed by atoms with E-state index in [1.54, 1.807) is 50.4 Å². The smallest absolute Gasteiger partial charge is 0.321 e. The van der Waals surface area contributed by atoms with E-state index in [9.17, 15) is 14.0 Å². The third-order valence-corrected chi connectivity index (χ3v) is 6.17. The van der Waals surface area contributed by atoms with Crippen molar-refractivity contribution in [3.05, 3.63) is 53.8 Å². The van der Waals surface area contributed by atoms with Crippen LogP contribution in [0.2, 0.25) is 0 Å². The number of ether oxygens (including phenoxy) is 3. The molecule has 0 aromatic heterocycles. The molecule has 0 radical (unpaired) electrons. The number of rotatable bonds is 6. The lowest BCUT2D eigenvalue weighted by molar-refractivity contribution is -0.153. The quantitative estimate of drug-likeness (QED) is 0.497. The van der Waals surface area contributed by atoms with Crippen LogP contribution in [0.3, 0.4) is 0 Å². The number of aliphatic imine (C=N–C) groups is 1. The van der Waals surface area contributed by atoms with E-state index in [0.29, 0.717) is 54.9 Å². The summed E-state index contributed by atoms with van der Waals surface area (Å²) in [6.07, 6.45) is 0. The average Bonchev–Trinajstić information content (AvgIpc) is 2.88. The SMILES string of the molecule is CCOC(=O)[C@@H]1C(=O)NC(N2CCN(c3ccccc3F)CC2)=N[C@H]1c1ccc(OC)cc1OC. The fourth-order valence-electron chi connectivity index (χ4n) is 4.38. The first-order valence-electron chi connectivity index (χ1n) is 11.5. The Balaban J connectivity index is 1.63. The van der Waals surface area contributed by atoms with Crippen molar-refractivity contribution < 1.29 is 28.2 Å². The second-order valence-electron chi connectivity index (χ2n) is 8.15. The summed E-state index contributed by atoms with van der Waals surface area (Å²) >= 11 is 0. The van der Waals surface area contributed by atoms with Crippen LogP contribution < -0.4 is 19.7 Å². The lowest BCUT2D eigenvalue weighted by Gasteiger charge is -2.39. The summed E-state index contributed by atoms with van der Waals surface area (Å²) in [7, 11) is 3.05. The summed E-state index contributed by atoms with van der Waals surface area (Å²) < 4.78 is 30.2. The summed E-state index contributed by atoms with van der Waals surface area (Å²) in [5.41, 5.74) is 1.12. The minimum Gasteiger partial charge on any atom is -0.497 e. The number of nitrogens with one attached hydrogen (secondary N) is 1. The molecule has 1 fully saturated rings. The van der Waals surface area contributed by atoms with Crippen LogP contribution in [-0.2, 0) is 14.3 Å². The number of benzene rings is 2. The molecule has 2 aliphatic heterocycles. The molecular weight excluding hydrogens is 455 g/mol. The number of amides is 1. The lowest BCUT2D eigenvalue weighted by atomic mass is 9.90. The zero-order chi connectivity index (χ0) is 24.9. The summed E-state index contributed by atoms with van der Waals surface area (Å²) in [6, 6.07) is 11.0. The number of esters is 1. The number of methoxy groups -OCH3 is 2. The van der Waals surface area contributed by atoms with Gasteiger partial charge in [0.15, 0.2) is 5.92 Å². The van der Waals surface area contributed by atoms with Crippen LogP contribution in [0.1, 0.15) is 18.5 Å². The molecule has 10 heteroatoms. The summed E-state index contributed by atoms with van der Waals surface area (Å²) in [4.78, 5) is 34.6. The fraction of sp³-hybridized carbons (Fsp3) is 0.400. The fourth-order valence-corrected chi connectivity index (χ4v) is 4.38. The molecule has 1 amide bonds. The van der Waals surface area contributed by atoms with Gasteiger partial charge in [-0.05, 0) is 31.2 Å². The Morgan fingerprint density at radius 3 is 2.46 bits per heavy atom. The van der Waals surface area contributed by atoms with Gasteiger partial charge >= 0.3 is 5.97 Å². The number of nitrogens with zero attached hydrogens (tertiary/aromatic N) is 3. The number of carbonyl (C=O) groups is 2. The Kier molecular flexibility index (Phi) is 7.38. The molecule has 1 N–H and O–H groups in total. The molecule has 2 atom stereocenters. The van der Waals surface area contributed by atoms with Crippen molar-refractivity contribution in [2.24, 2.45) is 10.9 Å². The predicted octanol–water partition coefficient (Wildman–Crippen LogP) is 2.37. The first-order valence-corrected chi connectivity index (χ1v) is 11.5. The molecule has 186 valence electrons. The predicted molar refractivity (Wildman–Crippen MR) is 128 cm³/mol. The number of piperazine rings is 1. The summed E-state index contributed by atoms with van der Waals surface area (Å²) in [6.45, 7) is 3.96. The van der Waals surface area contributed by atoms with Gasteiger partial charge in [0.2, 0.25) is 11.9 Å². The van der Waals surface area contributed by atoms with Crippen molar-refractivity contribution in [2.75, 3.05) is 51.9 Å². The van der Waals surface area contributed by atoms with E-state index in [1.165, 1.54) is 13.2 Å². The molecule has 2 aromatic rings. The van der Waals surface area contributed by atoms with E-state index < -0.39 is 23.8 Å². The van der Waals surface area contributed by atoms with Crippen molar-refractivity contribution in [3.63, 3.8) is 0 Å². The van der Waals surface area contributed by atoms with Gasteiger partial charge in [-0.3, -0.25) is 14.9 Å². The maximum Gasteiger partial charge on any atom is 0.321 e. The number of para-hydroxylation sites is 1. The van der Waals surface area contributed by atoms with Gasteiger partial charge in [0.25, 0.3) is 0 Å². The Hall–Kier alpha value is -3.82. The molecule has 9 nitrogen and oxygen atoms in total. The van der Waals surface area contributed by atoms with Crippen LogP contribution >= 0.6 is 0 Å². The number of hydrogen-bond acceptors (Lipinski definition) is 8. The van der Waals surface area contributed by atoms with Crippen LogP contribution in [0.15, 0.2) is 47.5 Å². The van der Waals surface area contributed by atoms with Gasteiger partial charge in [0.1, 0.15) is 23.4 Å². The second-order valence-corrected chi connectivity index (χ2v) is 8.15. The average molecular weight is 485 g/mol. The maximum atomic E-state index is 14.2. The standard InChI is InChI=1S/C25H29FN4O5/c1-4-35-24(32)21-22(17-10-9-16(33-2)15-20(17)34-3)27-25(28-23(21)31)30-13-11-29(12-14-30)19-8-6-5-7-18(19)26/h5-10,15,21-22H,4,11-14H2,1-3H3,(H,27,28,31)/t21-,22-/m0/s1. The minimum absolute atomic E-state index is 0.143. The van der Waals surface area contributed by atoms with Crippen LogP contribution in [0.5, 0.6) is 11.5 Å². The normalized spacial score (nSPS) is 20.1. The summed E-state index contributed by atoms with van der Waals surface area (Å²) in [5, 5.41) is 2.78. The molecular formula is C25H29FN4O5. The highest BCUT2D eigenvalue weighted by atomic mass is 19.1. The molecule has 2 heterocycles. The second kappa shape index (κ2) is 10.6. The molecule has 0 spiro atoms. The van der Waals surface area contributed by atoms with Gasteiger partial charge in [-0.1, -0.05) is 12.1 Å². The molecule has 0 aliphatic carbocycles. The van der Waals surface area contributed by atoms with Gasteiger partial charge in [0, 0.05) is 37.8 Å². The number of halogens is 1. The third-order valence-electron chi connectivity index (χ3n) is 6.17. The molecule has 4 rings (SSSR count). The van der Waals surface area contributed by atoms with Crippen molar-refractivity contribution in [1.29, 1.82) is 0 Å². The molecule has 2 aromatic carbocycles. The first-order chi connectivity index (χ1) is 17.0. The van der Waals surface area contributed by atoms with Gasteiger partial charge in [-0.15, -0.1) is 0 Å². The van der Waals surface area contributed by atoms with E-state index >= 15 is 0 Å². The van der Waals surface area contributed by atoms with Gasteiger partial charge in [-0.25, -0.2) is 9.38 Å². The van der Waals surface area contributed by atoms with Crippen molar-refractivity contribution >= 4 is 23.5 Å². The van der Waals surface area contributed by atoms with Crippen molar-refractivity contribution in [3.8, 4) is 11.5 Å². The van der Waals surface area contributed by atoms with E-state index in [2.05, 4.69) is 5.32 Å². The van der Waals surface area contributed by atoms with Crippen LogP contribution in [-0.4, -0.2) is 69.7 Å². The Bertz CT molecular complexity index is 1120. The van der Waals surface area contributed by atoms with Crippen LogP contribution in [0.4, 0.5) is 10.1 Å². The number of guanidine groups is 1. The first kappa shape index (κ1) is 24.3. The highest BCUT2D eigenvalue weighted by Crippen LogP contribution is 2.38. The largest absolute Gasteiger partial charge is 0.497 e. The zero-order valence-electron chi connectivity index (χ0n) is 20.0. The Morgan fingerprint density at radius 1 is 1.09 bits per heavy atom. The topological polar surface area (TPSA) is 92.7 Å². The van der Waals surface area contributed by atoms with Gasteiger partial charge < -0.3 is 24.0 Å². The Morgan fingerprint density at radius 2 is 1.80 bits per heavy atom. The van der Waals surface area contributed by atoms with Gasteiger partial charge in [-0.2, -0.15) is 0 Å². The summed E-state index contributed by atoms with van der Waals surface area (Å²) in [5.74, 6) is -1.19. The van der Waals surface area contributed by atoms with Crippen LogP contribution in [0.25, 0.3) is 0 Å². The zero-order valence-corrected chi connectivity index (χ0v) is 20.0. The van der Waals surface area contributed by atoms with E-state index in [-0.39, 0.29) is 12.4 Å². The Labute approximate surface area is 203 Å². The van der Waals surface area contributed by atoms with E-state index in [4.69, 9.17) is 19.2 Å². The minimum atomic E-state index is -1.17. The molecule has 0 bridgehead atoms. The number of hydrogen-bond donors (Lipinski definition) is 1. The molecule has 35 heavy (non-hydrogen) atoms. The molecule has 1 saturated heterocycles. The molecule has 0 unspecified atom stereocenters. The number of carbonyl (C=O) groups excluding carboxylic acids is 2. The monoisotopic (exact) mass is 484 g/mol. The highest BCUT2D eigenvalue weighted by Gasteiger charge is 2.43. The van der Waals surface area contributed by atoms with Gasteiger partial charge in [0.05, 0.1) is 26.5 Å². The van der Waals surface area contributed by atoms with E-state index in [1.807, 2.05) is 9.80 Å². The number of anilines is 1. The van der Waals surface area contributed by atoms with Crippen molar-refractivity contribution in [2.45, 2.75) is 13.0 Å². The maximum absolute atomic E-state index is 14.2.